The number of aromatic nitrogens is 2. The highest BCUT2D eigenvalue weighted by atomic mass is 16.5. The van der Waals surface area contributed by atoms with Crippen LogP contribution in [0, 0.1) is 0 Å². The maximum absolute atomic E-state index is 11.8. The number of fused-ring (bicyclic) bond motifs is 6. The van der Waals surface area contributed by atoms with Crippen LogP contribution in [0.15, 0.2) is 97.1 Å². The SMILES string of the molecule is COC(=O)c1ccc2[nH]c3c(c2c1)CCCC3Nc1ccccc1.COC(=O)c1ccc2[nH]c3c(c2c1)CCCC3Nc1ccccc1. The van der Waals surface area contributed by atoms with Crippen molar-refractivity contribution in [1.82, 2.24) is 9.97 Å². The summed E-state index contributed by atoms with van der Waals surface area (Å²) in [5.41, 5.74) is 10.7. The second-order valence-electron chi connectivity index (χ2n) is 12.4. The fourth-order valence-electron chi connectivity index (χ4n) is 7.17. The first-order valence-electron chi connectivity index (χ1n) is 16.6. The molecule has 0 saturated carbocycles. The van der Waals surface area contributed by atoms with Gasteiger partial charge in [-0.25, -0.2) is 9.59 Å². The molecule has 2 aliphatic carbocycles. The molecule has 2 atom stereocenters. The number of rotatable bonds is 6. The highest BCUT2D eigenvalue weighted by Gasteiger charge is 2.26. The fraction of sp³-hybridized carbons (Fsp3) is 0.250. The summed E-state index contributed by atoms with van der Waals surface area (Å²) in [6.07, 6.45) is 6.52. The van der Waals surface area contributed by atoms with E-state index in [0.717, 1.165) is 71.7 Å². The minimum absolute atomic E-state index is 0.269. The Labute approximate surface area is 279 Å². The Kier molecular flexibility index (Phi) is 8.88. The van der Waals surface area contributed by atoms with Gasteiger partial charge in [-0.3, -0.25) is 0 Å². The van der Waals surface area contributed by atoms with Gasteiger partial charge in [0.15, 0.2) is 0 Å². The molecule has 48 heavy (non-hydrogen) atoms. The standard InChI is InChI=1S/2C20H20N2O2/c2*1-24-20(23)13-10-11-17-16(12-13)15-8-5-9-18(19(15)22-17)21-14-6-3-2-4-7-14/h2*2-4,6-7,10-12,18,21-22H,5,8-9H2,1H3. The van der Waals surface area contributed by atoms with E-state index in [1.165, 1.54) is 36.7 Å². The zero-order chi connectivity index (χ0) is 33.0. The van der Waals surface area contributed by atoms with Gasteiger partial charge in [0.25, 0.3) is 0 Å². The molecule has 2 aliphatic rings. The number of esters is 2. The number of nitrogens with one attached hydrogen (secondary N) is 4. The average Bonchev–Trinajstić information content (AvgIpc) is 3.71. The Morgan fingerprint density at radius 3 is 1.42 bits per heavy atom. The molecule has 244 valence electrons. The Bertz CT molecular complexity index is 1920. The quantitative estimate of drug-likeness (QED) is 0.135. The van der Waals surface area contributed by atoms with Crippen LogP contribution in [0.1, 0.15) is 81.0 Å². The van der Waals surface area contributed by atoms with Gasteiger partial charge in [-0.15, -0.1) is 0 Å². The molecule has 2 heterocycles. The van der Waals surface area contributed by atoms with Crippen molar-refractivity contribution in [3.05, 3.63) is 131 Å². The van der Waals surface area contributed by atoms with Crippen LogP contribution in [0.5, 0.6) is 0 Å². The van der Waals surface area contributed by atoms with Crippen molar-refractivity contribution in [2.75, 3.05) is 24.9 Å². The third kappa shape index (κ3) is 6.26. The summed E-state index contributed by atoms with van der Waals surface area (Å²) in [6.45, 7) is 0. The molecule has 0 fully saturated rings. The van der Waals surface area contributed by atoms with Gasteiger partial charge in [0, 0.05) is 44.6 Å². The van der Waals surface area contributed by atoms with Crippen molar-refractivity contribution < 1.29 is 19.1 Å². The molecule has 0 bridgehead atoms. The van der Waals surface area contributed by atoms with E-state index in [9.17, 15) is 9.59 Å². The third-order valence-electron chi connectivity index (χ3n) is 9.49. The molecule has 8 rings (SSSR count). The van der Waals surface area contributed by atoms with Crippen LogP contribution >= 0.6 is 0 Å². The second-order valence-corrected chi connectivity index (χ2v) is 12.4. The monoisotopic (exact) mass is 640 g/mol. The number of methoxy groups -OCH3 is 2. The zero-order valence-corrected chi connectivity index (χ0v) is 27.3. The zero-order valence-electron chi connectivity index (χ0n) is 27.3. The van der Waals surface area contributed by atoms with Crippen LogP contribution in [0.4, 0.5) is 11.4 Å². The summed E-state index contributed by atoms with van der Waals surface area (Å²) in [4.78, 5) is 30.7. The molecule has 0 aliphatic heterocycles. The number of carbonyl (C=O) groups is 2. The number of para-hydroxylation sites is 2. The van der Waals surface area contributed by atoms with E-state index < -0.39 is 0 Å². The Morgan fingerprint density at radius 1 is 0.604 bits per heavy atom. The summed E-state index contributed by atoms with van der Waals surface area (Å²) in [5.74, 6) is -0.580. The van der Waals surface area contributed by atoms with Gasteiger partial charge in [0.2, 0.25) is 0 Å². The Balaban J connectivity index is 0.000000152. The highest BCUT2D eigenvalue weighted by molar-refractivity contribution is 5.97. The number of aryl methyl sites for hydroxylation is 2. The van der Waals surface area contributed by atoms with Crippen molar-refractivity contribution in [3.63, 3.8) is 0 Å². The molecule has 2 unspecified atom stereocenters. The maximum Gasteiger partial charge on any atom is 0.337 e. The van der Waals surface area contributed by atoms with E-state index in [0.29, 0.717) is 11.1 Å². The van der Waals surface area contributed by atoms with E-state index in [4.69, 9.17) is 9.47 Å². The Hall–Kier alpha value is -5.50. The smallest absolute Gasteiger partial charge is 0.337 e. The third-order valence-corrected chi connectivity index (χ3v) is 9.49. The fourth-order valence-corrected chi connectivity index (χ4v) is 7.17. The molecular formula is C40H40N4O4. The largest absolute Gasteiger partial charge is 0.465 e. The Morgan fingerprint density at radius 2 is 1.02 bits per heavy atom. The number of carbonyl (C=O) groups excluding carboxylic acids is 2. The number of anilines is 2. The lowest BCUT2D eigenvalue weighted by atomic mass is 9.91. The summed E-state index contributed by atoms with van der Waals surface area (Å²) < 4.78 is 9.69. The molecule has 0 amide bonds. The van der Waals surface area contributed by atoms with Gasteiger partial charge in [-0.1, -0.05) is 36.4 Å². The highest BCUT2D eigenvalue weighted by Crippen LogP contribution is 2.38. The summed E-state index contributed by atoms with van der Waals surface area (Å²) in [7, 11) is 2.83. The average molecular weight is 641 g/mol. The molecule has 2 aromatic heterocycles. The predicted molar refractivity (Wildman–Crippen MR) is 191 cm³/mol. The summed E-state index contributed by atoms with van der Waals surface area (Å²) >= 11 is 0. The van der Waals surface area contributed by atoms with Gasteiger partial charge in [0.05, 0.1) is 37.4 Å². The number of ether oxygens (including phenoxy) is 2. The van der Waals surface area contributed by atoms with Crippen LogP contribution in [-0.4, -0.2) is 36.1 Å². The molecule has 8 heteroatoms. The van der Waals surface area contributed by atoms with Gasteiger partial charge in [0.1, 0.15) is 0 Å². The molecule has 4 aromatic carbocycles. The lowest BCUT2D eigenvalue weighted by Gasteiger charge is -2.24. The van der Waals surface area contributed by atoms with E-state index in [2.05, 4.69) is 44.9 Å². The predicted octanol–water partition coefficient (Wildman–Crippen LogP) is 8.89. The van der Waals surface area contributed by atoms with Crippen molar-refractivity contribution >= 4 is 45.1 Å². The lowest BCUT2D eigenvalue weighted by Crippen LogP contribution is -2.17. The first-order valence-corrected chi connectivity index (χ1v) is 16.6. The van der Waals surface area contributed by atoms with Crippen LogP contribution in [0.3, 0.4) is 0 Å². The van der Waals surface area contributed by atoms with E-state index in [-0.39, 0.29) is 24.0 Å². The number of benzene rings is 4. The van der Waals surface area contributed by atoms with Gasteiger partial charge >= 0.3 is 11.9 Å². The normalized spacial score (nSPS) is 16.6. The lowest BCUT2D eigenvalue weighted by molar-refractivity contribution is 0.0592. The van der Waals surface area contributed by atoms with E-state index >= 15 is 0 Å². The van der Waals surface area contributed by atoms with Crippen LogP contribution in [-0.2, 0) is 22.3 Å². The van der Waals surface area contributed by atoms with Crippen molar-refractivity contribution in [2.24, 2.45) is 0 Å². The molecule has 0 spiro atoms. The molecule has 0 saturated heterocycles. The number of hydrogen-bond acceptors (Lipinski definition) is 6. The summed E-state index contributed by atoms with van der Waals surface area (Å²) in [6, 6.07) is 32.6. The van der Waals surface area contributed by atoms with E-state index in [1.54, 1.807) is 0 Å². The summed E-state index contributed by atoms with van der Waals surface area (Å²) in [5, 5.41) is 9.51. The molecule has 4 N–H and O–H groups in total. The molecular weight excluding hydrogens is 600 g/mol. The van der Waals surface area contributed by atoms with Gasteiger partial charge in [-0.05, 0) is 110 Å². The van der Waals surface area contributed by atoms with Crippen molar-refractivity contribution in [1.29, 1.82) is 0 Å². The molecule has 8 nitrogen and oxygen atoms in total. The first kappa shape index (κ1) is 31.1. The van der Waals surface area contributed by atoms with Crippen LogP contribution in [0.25, 0.3) is 21.8 Å². The van der Waals surface area contributed by atoms with E-state index in [1.807, 2.05) is 72.8 Å². The number of aromatic amines is 2. The van der Waals surface area contributed by atoms with Crippen LogP contribution in [0.2, 0.25) is 0 Å². The minimum Gasteiger partial charge on any atom is -0.465 e. The molecule has 6 aromatic rings. The van der Waals surface area contributed by atoms with Gasteiger partial charge in [-0.2, -0.15) is 0 Å². The van der Waals surface area contributed by atoms with Gasteiger partial charge < -0.3 is 30.1 Å². The van der Waals surface area contributed by atoms with Crippen LogP contribution < -0.4 is 10.6 Å². The maximum atomic E-state index is 11.8. The number of H-pyrrole nitrogens is 2. The van der Waals surface area contributed by atoms with Crippen molar-refractivity contribution in [3.8, 4) is 0 Å². The minimum atomic E-state index is -0.290. The number of hydrogen-bond donors (Lipinski definition) is 4. The van der Waals surface area contributed by atoms with Crippen molar-refractivity contribution in [2.45, 2.75) is 50.6 Å². The first-order chi connectivity index (χ1) is 23.5. The molecule has 0 radical (unpaired) electrons. The second kappa shape index (κ2) is 13.7. The topological polar surface area (TPSA) is 108 Å².